The summed E-state index contributed by atoms with van der Waals surface area (Å²) in [4.78, 5) is 12.7. The van der Waals surface area contributed by atoms with Gasteiger partial charge in [0.15, 0.2) is 16.4 Å². The molecular formula is C24H27N3O5S. The molecule has 9 heteroatoms. The van der Waals surface area contributed by atoms with Gasteiger partial charge in [0.05, 0.1) is 30.4 Å². The molecule has 33 heavy (non-hydrogen) atoms. The Morgan fingerprint density at radius 3 is 2.45 bits per heavy atom. The standard InChI is InChI=1S/C24H27N3O5S/c1-16-5-4-6-17(2)24(16)32-14-23(28)25-22-13-21(18-7-9-20(31-3)10-8-18)26-27(22)19-11-12-33(29,30)15-19/h4-10,13,19H,11-12,14-15H2,1-3H3,(H,25,28)/t19-/m1/s1. The molecule has 8 nitrogen and oxygen atoms in total. The largest absolute Gasteiger partial charge is 0.497 e. The summed E-state index contributed by atoms with van der Waals surface area (Å²) in [5.41, 5.74) is 3.36. The number of rotatable bonds is 7. The lowest BCUT2D eigenvalue weighted by molar-refractivity contribution is -0.118. The quantitative estimate of drug-likeness (QED) is 0.568. The molecule has 4 rings (SSSR count). The molecule has 0 spiro atoms. The molecule has 2 heterocycles. The molecular weight excluding hydrogens is 442 g/mol. The Bertz CT molecular complexity index is 1250. The normalized spacial score (nSPS) is 17.0. The summed E-state index contributed by atoms with van der Waals surface area (Å²) in [5, 5.41) is 7.49. The molecule has 0 saturated carbocycles. The lowest BCUT2D eigenvalue weighted by atomic mass is 10.1. The first-order chi connectivity index (χ1) is 15.8. The van der Waals surface area contributed by atoms with E-state index in [-0.39, 0.29) is 30.1 Å². The van der Waals surface area contributed by atoms with Crippen LogP contribution in [0.4, 0.5) is 5.82 Å². The van der Waals surface area contributed by atoms with Crippen LogP contribution < -0.4 is 14.8 Å². The number of hydrogen-bond donors (Lipinski definition) is 1. The zero-order chi connectivity index (χ0) is 23.6. The molecule has 3 aromatic rings. The van der Waals surface area contributed by atoms with E-state index >= 15 is 0 Å². The number of aryl methyl sites for hydroxylation is 2. The molecule has 1 amide bonds. The first-order valence-electron chi connectivity index (χ1n) is 10.7. The summed E-state index contributed by atoms with van der Waals surface area (Å²) in [6, 6.07) is 14.6. The molecule has 174 valence electrons. The summed E-state index contributed by atoms with van der Waals surface area (Å²) in [6.45, 7) is 3.69. The summed E-state index contributed by atoms with van der Waals surface area (Å²) >= 11 is 0. The number of aromatic nitrogens is 2. The van der Waals surface area contributed by atoms with E-state index in [0.717, 1.165) is 22.4 Å². The number of nitrogens with one attached hydrogen (secondary N) is 1. The van der Waals surface area contributed by atoms with Crippen LogP contribution in [0, 0.1) is 13.8 Å². The number of anilines is 1. The van der Waals surface area contributed by atoms with Crippen LogP contribution in [-0.2, 0) is 14.6 Å². The van der Waals surface area contributed by atoms with E-state index in [2.05, 4.69) is 10.4 Å². The molecule has 1 saturated heterocycles. The Hall–Kier alpha value is -3.33. The second kappa shape index (κ2) is 9.27. The molecule has 1 aliphatic rings. The van der Waals surface area contributed by atoms with Gasteiger partial charge in [-0.3, -0.25) is 4.79 Å². The summed E-state index contributed by atoms with van der Waals surface area (Å²) in [7, 11) is -1.53. The second-order valence-corrected chi connectivity index (χ2v) is 10.4. The van der Waals surface area contributed by atoms with Crippen molar-refractivity contribution in [1.82, 2.24) is 9.78 Å². The molecule has 0 radical (unpaired) electrons. The van der Waals surface area contributed by atoms with E-state index in [1.807, 2.05) is 56.3 Å². The molecule has 1 aromatic heterocycles. The van der Waals surface area contributed by atoms with Crippen LogP contribution in [0.3, 0.4) is 0 Å². The van der Waals surface area contributed by atoms with Crippen molar-refractivity contribution in [3.63, 3.8) is 0 Å². The van der Waals surface area contributed by atoms with E-state index in [1.165, 1.54) is 0 Å². The average Bonchev–Trinajstić information content (AvgIpc) is 3.36. The van der Waals surface area contributed by atoms with Crippen molar-refractivity contribution in [1.29, 1.82) is 0 Å². The molecule has 0 aliphatic carbocycles. The lowest BCUT2D eigenvalue weighted by Gasteiger charge is -2.15. The van der Waals surface area contributed by atoms with Gasteiger partial charge in [-0.2, -0.15) is 5.10 Å². The van der Waals surface area contributed by atoms with Crippen molar-refractivity contribution in [3.05, 3.63) is 59.7 Å². The molecule has 2 aromatic carbocycles. The number of hydrogen-bond acceptors (Lipinski definition) is 6. The van der Waals surface area contributed by atoms with Crippen LogP contribution in [0.5, 0.6) is 11.5 Å². The minimum absolute atomic E-state index is 0.00148. The van der Waals surface area contributed by atoms with Crippen molar-refractivity contribution < 1.29 is 22.7 Å². The van der Waals surface area contributed by atoms with Crippen LogP contribution in [-0.4, -0.2) is 49.3 Å². The highest BCUT2D eigenvalue weighted by Gasteiger charge is 2.32. The predicted molar refractivity (Wildman–Crippen MR) is 127 cm³/mol. The Kier molecular flexibility index (Phi) is 6.42. The maximum Gasteiger partial charge on any atom is 0.263 e. The van der Waals surface area contributed by atoms with Gasteiger partial charge < -0.3 is 14.8 Å². The number of carbonyl (C=O) groups is 1. The number of sulfone groups is 1. The van der Waals surface area contributed by atoms with Crippen LogP contribution >= 0.6 is 0 Å². The number of nitrogens with zero attached hydrogens (tertiary/aromatic N) is 2. The van der Waals surface area contributed by atoms with Crippen LogP contribution in [0.2, 0.25) is 0 Å². The molecule has 0 unspecified atom stereocenters. The molecule has 1 fully saturated rings. The van der Waals surface area contributed by atoms with E-state index in [9.17, 15) is 13.2 Å². The first kappa shape index (κ1) is 22.8. The number of amides is 1. The number of carbonyl (C=O) groups excluding carboxylic acids is 1. The van der Waals surface area contributed by atoms with Crippen LogP contribution in [0.25, 0.3) is 11.3 Å². The van der Waals surface area contributed by atoms with Crippen molar-refractivity contribution in [2.45, 2.75) is 26.3 Å². The second-order valence-electron chi connectivity index (χ2n) is 8.20. The molecule has 1 aliphatic heterocycles. The minimum Gasteiger partial charge on any atom is -0.497 e. The lowest BCUT2D eigenvalue weighted by Crippen LogP contribution is -2.24. The van der Waals surface area contributed by atoms with Gasteiger partial charge in [0.25, 0.3) is 5.91 Å². The number of para-hydroxylation sites is 1. The van der Waals surface area contributed by atoms with Gasteiger partial charge in [-0.15, -0.1) is 0 Å². The third kappa shape index (κ3) is 5.19. The Labute approximate surface area is 193 Å². The van der Waals surface area contributed by atoms with Gasteiger partial charge in [-0.05, 0) is 55.7 Å². The van der Waals surface area contributed by atoms with Gasteiger partial charge in [0.2, 0.25) is 0 Å². The highest BCUT2D eigenvalue weighted by atomic mass is 32.2. The topological polar surface area (TPSA) is 99.5 Å². The SMILES string of the molecule is COc1ccc(-c2cc(NC(=O)COc3c(C)cccc3C)n([C@@H]3CCS(=O)(=O)C3)n2)cc1. The highest BCUT2D eigenvalue weighted by molar-refractivity contribution is 7.91. The zero-order valence-corrected chi connectivity index (χ0v) is 19.7. The van der Waals surface area contributed by atoms with Gasteiger partial charge in [0, 0.05) is 11.6 Å². The Morgan fingerprint density at radius 2 is 1.85 bits per heavy atom. The van der Waals surface area contributed by atoms with Crippen molar-refractivity contribution in [3.8, 4) is 22.8 Å². The Balaban J connectivity index is 1.57. The summed E-state index contributed by atoms with van der Waals surface area (Å²) < 4.78 is 36.7. The van der Waals surface area contributed by atoms with E-state index in [4.69, 9.17) is 9.47 Å². The average molecular weight is 470 g/mol. The Morgan fingerprint density at radius 1 is 1.15 bits per heavy atom. The third-order valence-corrected chi connectivity index (χ3v) is 7.45. The van der Waals surface area contributed by atoms with E-state index in [1.54, 1.807) is 17.9 Å². The van der Waals surface area contributed by atoms with Crippen molar-refractivity contribution in [2.75, 3.05) is 30.5 Å². The number of ether oxygens (including phenoxy) is 2. The van der Waals surface area contributed by atoms with Crippen LogP contribution in [0.1, 0.15) is 23.6 Å². The van der Waals surface area contributed by atoms with Gasteiger partial charge in [-0.25, -0.2) is 13.1 Å². The van der Waals surface area contributed by atoms with Crippen molar-refractivity contribution >= 4 is 21.6 Å². The molecule has 1 N–H and O–H groups in total. The van der Waals surface area contributed by atoms with Gasteiger partial charge in [0.1, 0.15) is 17.3 Å². The molecule has 1 atom stereocenters. The smallest absolute Gasteiger partial charge is 0.263 e. The molecule has 0 bridgehead atoms. The zero-order valence-electron chi connectivity index (χ0n) is 18.9. The van der Waals surface area contributed by atoms with E-state index in [0.29, 0.717) is 23.7 Å². The van der Waals surface area contributed by atoms with Gasteiger partial charge >= 0.3 is 0 Å². The number of benzene rings is 2. The van der Waals surface area contributed by atoms with Gasteiger partial charge in [-0.1, -0.05) is 18.2 Å². The fourth-order valence-electron chi connectivity index (χ4n) is 3.98. The summed E-state index contributed by atoms with van der Waals surface area (Å²) in [5.74, 6) is 1.61. The third-order valence-electron chi connectivity index (χ3n) is 5.70. The van der Waals surface area contributed by atoms with E-state index < -0.39 is 9.84 Å². The predicted octanol–water partition coefficient (Wildman–Crippen LogP) is 3.55. The fraction of sp³-hybridized carbons (Fsp3) is 0.333. The highest BCUT2D eigenvalue weighted by Crippen LogP contribution is 2.31. The fourth-order valence-corrected chi connectivity index (χ4v) is 5.67. The minimum atomic E-state index is -3.12. The van der Waals surface area contributed by atoms with Crippen LogP contribution in [0.15, 0.2) is 48.5 Å². The first-order valence-corrected chi connectivity index (χ1v) is 12.5. The maximum atomic E-state index is 12.7. The van der Waals surface area contributed by atoms with Crippen molar-refractivity contribution in [2.24, 2.45) is 0 Å². The number of methoxy groups -OCH3 is 1. The monoisotopic (exact) mass is 469 g/mol. The summed E-state index contributed by atoms with van der Waals surface area (Å²) in [6.07, 6.45) is 0.452. The maximum absolute atomic E-state index is 12.7.